The van der Waals surface area contributed by atoms with Gasteiger partial charge in [0.25, 0.3) is 6.29 Å². The summed E-state index contributed by atoms with van der Waals surface area (Å²) in [6.07, 6.45) is 65.9. The van der Waals surface area contributed by atoms with Crippen molar-refractivity contribution < 1.29 is 42.9 Å². The van der Waals surface area contributed by atoms with Crippen molar-refractivity contribution >= 4 is 17.9 Å². The number of carbonyl (C=O) groups is 3. The van der Waals surface area contributed by atoms with Crippen molar-refractivity contribution in [2.45, 2.75) is 277 Å². The number of nitrogens with zero attached hydrogens (tertiary/aromatic N) is 1. The average Bonchev–Trinajstić information content (AvgIpc) is 3.35. The Morgan fingerprint density at radius 3 is 1.19 bits per heavy atom. The summed E-state index contributed by atoms with van der Waals surface area (Å²) in [6.45, 7) is 4.78. The van der Waals surface area contributed by atoms with Crippen molar-refractivity contribution in [1.82, 2.24) is 0 Å². The summed E-state index contributed by atoms with van der Waals surface area (Å²) in [4.78, 5) is 37.4. The van der Waals surface area contributed by atoms with Gasteiger partial charge in [-0.3, -0.25) is 9.59 Å². The first-order chi connectivity index (χ1) is 35.1. The Labute approximate surface area is 444 Å². The Kier molecular flexibility index (Phi) is 52.0. The van der Waals surface area contributed by atoms with Gasteiger partial charge in [-0.1, -0.05) is 235 Å². The van der Waals surface area contributed by atoms with E-state index in [4.69, 9.17) is 18.9 Å². The number of carboxylic acids is 1. The number of esters is 2. The minimum Gasteiger partial charge on any atom is -0.477 e. The molecule has 72 heavy (non-hydrogen) atoms. The van der Waals surface area contributed by atoms with Crippen LogP contribution in [0.1, 0.15) is 264 Å². The molecule has 0 aromatic rings. The molecule has 9 heteroatoms. The molecule has 9 nitrogen and oxygen atoms in total. The zero-order chi connectivity index (χ0) is 52.7. The molecule has 0 aliphatic heterocycles. The summed E-state index contributed by atoms with van der Waals surface area (Å²) in [6, 6.07) is 0. The Bertz CT molecular complexity index is 1360. The molecule has 0 aliphatic rings. The van der Waals surface area contributed by atoms with Crippen LogP contribution in [0.2, 0.25) is 0 Å². The van der Waals surface area contributed by atoms with Crippen LogP contribution < -0.4 is 0 Å². The smallest absolute Gasteiger partial charge is 0.361 e. The first-order valence-corrected chi connectivity index (χ1v) is 30.0. The number of carbonyl (C=O) groups excluding carboxylic acids is 2. The highest BCUT2D eigenvalue weighted by atomic mass is 16.7. The van der Waals surface area contributed by atoms with Crippen LogP contribution in [0.5, 0.6) is 0 Å². The van der Waals surface area contributed by atoms with Gasteiger partial charge in [-0.15, -0.1) is 0 Å². The SMILES string of the molecule is CC/C=C\C/C=C\C/C=C\C/C=C\CCCCCCCCCCCCCCCCCCC(=O)OC(COC(=O)CCCCCCCCC/C=C\CCCCCCCCC)COC(OCC[N+](C)(C)C)C(=O)O. The molecule has 0 saturated carbocycles. The third-order valence-electron chi connectivity index (χ3n) is 13.0. The number of rotatable bonds is 55. The maximum absolute atomic E-state index is 12.9. The minimum atomic E-state index is -1.51. The van der Waals surface area contributed by atoms with Crippen molar-refractivity contribution in [3.63, 3.8) is 0 Å². The molecular weight excluding hydrogens is 899 g/mol. The molecule has 0 fully saturated rings. The van der Waals surface area contributed by atoms with Crippen LogP contribution in [0, 0.1) is 0 Å². The van der Waals surface area contributed by atoms with Crippen LogP contribution >= 0.6 is 0 Å². The molecule has 0 radical (unpaired) electrons. The lowest BCUT2D eigenvalue weighted by atomic mass is 10.0. The van der Waals surface area contributed by atoms with Gasteiger partial charge in [0.15, 0.2) is 6.10 Å². The highest BCUT2D eigenvalue weighted by Gasteiger charge is 2.25. The lowest BCUT2D eigenvalue weighted by molar-refractivity contribution is -0.870. The molecule has 0 heterocycles. The molecule has 0 aromatic carbocycles. The van der Waals surface area contributed by atoms with E-state index in [2.05, 4.69) is 74.6 Å². The number of carboxylic acid groups (broad SMARTS) is 1. The van der Waals surface area contributed by atoms with Gasteiger partial charge in [-0.2, -0.15) is 0 Å². The van der Waals surface area contributed by atoms with Crippen molar-refractivity contribution in [2.75, 3.05) is 47.5 Å². The predicted molar refractivity (Wildman–Crippen MR) is 304 cm³/mol. The van der Waals surface area contributed by atoms with Crippen LogP contribution in [-0.2, 0) is 33.3 Å². The summed E-state index contributed by atoms with van der Waals surface area (Å²) in [5.74, 6) is -2.00. The number of ether oxygens (including phenoxy) is 4. The van der Waals surface area contributed by atoms with Crippen LogP contribution in [0.3, 0.4) is 0 Å². The van der Waals surface area contributed by atoms with Gasteiger partial charge >= 0.3 is 17.9 Å². The van der Waals surface area contributed by atoms with E-state index in [1.807, 2.05) is 21.1 Å². The fraction of sp³-hybridized carbons (Fsp3) is 0.794. The van der Waals surface area contributed by atoms with E-state index in [0.717, 1.165) is 64.2 Å². The van der Waals surface area contributed by atoms with Crippen molar-refractivity contribution in [3.05, 3.63) is 60.8 Å². The van der Waals surface area contributed by atoms with Gasteiger partial charge in [0, 0.05) is 12.8 Å². The largest absolute Gasteiger partial charge is 0.477 e. The molecule has 0 bridgehead atoms. The number of hydrogen-bond donors (Lipinski definition) is 1. The van der Waals surface area contributed by atoms with E-state index in [1.165, 1.54) is 173 Å². The lowest BCUT2D eigenvalue weighted by Gasteiger charge is -2.25. The number of quaternary nitrogens is 1. The van der Waals surface area contributed by atoms with E-state index in [1.54, 1.807) is 0 Å². The molecule has 0 aliphatic carbocycles. The molecule has 0 spiro atoms. The zero-order valence-electron chi connectivity index (χ0n) is 47.6. The van der Waals surface area contributed by atoms with Gasteiger partial charge in [0.1, 0.15) is 13.2 Å². The fourth-order valence-corrected chi connectivity index (χ4v) is 8.41. The molecular formula is C63H114NO8+. The average molecular weight is 1010 g/mol. The fourth-order valence-electron chi connectivity index (χ4n) is 8.41. The zero-order valence-corrected chi connectivity index (χ0v) is 47.6. The molecule has 0 rings (SSSR count). The second-order valence-corrected chi connectivity index (χ2v) is 21.3. The van der Waals surface area contributed by atoms with Crippen molar-refractivity contribution in [2.24, 2.45) is 0 Å². The topological polar surface area (TPSA) is 108 Å². The molecule has 418 valence electrons. The summed E-state index contributed by atoms with van der Waals surface area (Å²) >= 11 is 0. The summed E-state index contributed by atoms with van der Waals surface area (Å²) < 4.78 is 22.9. The van der Waals surface area contributed by atoms with E-state index in [9.17, 15) is 19.5 Å². The van der Waals surface area contributed by atoms with Crippen LogP contribution in [-0.4, -0.2) is 87.4 Å². The third kappa shape index (κ3) is 54.8. The maximum atomic E-state index is 12.9. The van der Waals surface area contributed by atoms with E-state index in [-0.39, 0.29) is 32.2 Å². The number of hydrogen-bond acceptors (Lipinski definition) is 7. The van der Waals surface area contributed by atoms with Gasteiger partial charge < -0.3 is 28.5 Å². The van der Waals surface area contributed by atoms with Gasteiger partial charge in [0.05, 0.1) is 34.4 Å². The summed E-state index contributed by atoms with van der Waals surface area (Å²) in [5, 5.41) is 9.71. The van der Waals surface area contributed by atoms with E-state index < -0.39 is 24.3 Å². The second-order valence-electron chi connectivity index (χ2n) is 21.3. The number of aliphatic carboxylic acids is 1. The monoisotopic (exact) mass is 1010 g/mol. The normalized spacial score (nSPS) is 13.2. The summed E-state index contributed by atoms with van der Waals surface area (Å²) in [7, 11) is 5.97. The minimum absolute atomic E-state index is 0.183. The quantitative estimate of drug-likeness (QED) is 0.0211. The standard InChI is InChI=1S/C63H113NO8/c1-6-8-10-12-14-16-18-20-22-24-26-27-28-29-30-31-32-33-34-35-36-38-40-42-44-46-48-50-52-54-61(66)72-59(58-71-63(62(67)68)69-56-55-64(3,4)5)57-70-60(65)53-51-49-47-45-43-41-39-37-25-23-21-19-17-15-13-11-9-7-2/h8,10,14,16,20,22-23,25-27,59,63H,6-7,9,11-13,15,17-19,21,24,28-58H2,1-5H3/p+1/b10-8-,16-14-,22-20-,25-23-,27-26-. The van der Waals surface area contributed by atoms with Gasteiger partial charge in [-0.05, 0) is 77.0 Å². The molecule has 0 saturated heterocycles. The van der Waals surface area contributed by atoms with Crippen LogP contribution in [0.25, 0.3) is 0 Å². The maximum Gasteiger partial charge on any atom is 0.361 e. The van der Waals surface area contributed by atoms with E-state index >= 15 is 0 Å². The molecule has 0 aromatic heterocycles. The number of unbranched alkanes of at least 4 members (excludes halogenated alkanes) is 30. The lowest BCUT2D eigenvalue weighted by Crippen LogP contribution is -2.40. The highest BCUT2D eigenvalue weighted by molar-refractivity contribution is 5.71. The Morgan fingerprint density at radius 2 is 0.792 bits per heavy atom. The number of likely N-dealkylation sites (N-methyl/N-ethyl adjacent to an activating group) is 1. The van der Waals surface area contributed by atoms with Crippen LogP contribution in [0.4, 0.5) is 0 Å². The third-order valence-corrected chi connectivity index (χ3v) is 13.0. The second kappa shape index (κ2) is 54.3. The van der Waals surface area contributed by atoms with Gasteiger partial charge in [0.2, 0.25) is 0 Å². The summed E-state index contributed by atoms with van der Waals surface area (Å²) in [5.41, 5.74) is 0. The van der Waals surface area contributed by atoms with E-state index in [0.29, 0.717) is 17.4 Å². The number of allylic oxidation sites excluding steroid dienone is 10. The van der Waals surface area contributed by atoms with Crippen molar-refractivity contribution in [3.8, 4) is 0 Å². The first-order valence-electron chi connectivity index (χ1n) is 30.0. The molecule has 2 unspecified atom stereocenters. The molecule has 0 amide bonds. The Balaban J connectivity index is 4.18. The Morgan fingerprint density at radius 1 is 0.431 bits per heavy atom. The molecule has 1 N–H and O–H groups in total. The highest BCUT2D eigenvalue weighted by Crippen LogP contribution is 2.17. The predicted octanol–water partition coefficient (Wildman–Crippen LogP) is 17.6. The molecule has 2 atom stereocenters. The van der Waals surface area contributed by atoms with Crippen LogP contribution in [0.15, 0.2) is 60.8 Å². The Hall–Kier alpha value is -3.01. The first kappa shape index (κ1) is 69.0. The van der Waals surface area contributed by atoms with Gasteiger partial charge in [-0.25, -0.2) is 4.79 Å². The van der Waals surface area contributed by atoms with Crippen molar-refractivity contribution in [1.29, 1.82) is 0 Å².